The molecule has 1 N–H and O–H groups in total. The van der Waals surface area contributed by atoms with Gasteiger partial charge in [0.15, 0.2) is 6.10 Å². The summed E-state index contributed by atoms with van der Waals surface area (Å²) in [6.07, 6.45) is -0.912. The summed E-state index contributed by atoms with van der Waals surface area (Å²) in [5.41, 5.74) is 3.80. The van der Waals surface area contributed by atoms with Gasteiger partial charge >= 0.3 is 0 Å². The summed E-state index contributed by atoms with van der Waals surface area (Å²) in [4.78, 5) is 12.8. The normalized spacial score (nSPS) is 17.4. The predicted octanol–water partition coefficient (Wildman–Crippen LogP) is 3.10. The molecule has 0 aromatic heterocycles. The highest BCUT2D eigenvalue weighted by Gasteiger charge is 2.36. The van der Waals surface area contributed by atoms with E-state index in [2.05, 4.69) is 5.32 Å². The Balaban J connectivity index is 1.81. The lowest BCUT2D eigenvalue weighted by atomic mass is 10.0. The highest BCUT2D eigenvalue weighted by atomic mass is 32.2. The molecule has 28 heavy (non-hydrogen) atoms. The van der Waals surface area contributed by atoms with E-state index in [1.807, 2.05) is 39.0 Å². The Labute approximate surface area is 166 Å². The van der Waals surface area contributed by atoms with Crippen molar-refractivity contribution in [1.82, 2.24) is 5.32 Å². The molecule has 7 heteroatoms. The van der Waals surface area contributed by atoms with Crippen molar-refractivity contribution in [3.05, 3.63) is 59.2 Å². The zero-order valence-corrected chi connectivity index (χ0v) is 17.4. The monoisotopic (exact) mass is 402 g/mol. The summed E-state index contributed by atoms with van der Waals surface area (Å²) in [6.45, 7) is 7.52. The largest absolute Gasteiger partial charge is 0.476 e. The molecule has 0 unspecified atom stereocenters. The Bertz CT molecular complexity index is 988. The molecule has 2 aromatic carbocycles. The molecule has 1 aliphatic rings. The smallest absolute Gasteiger partial charge is 0.263 e. The fourth-order valence-corrected chi connectivity index (χ4v) is 4.31. The van der Waals surface area contributed by atoms with Crippen LogP contribution in [0.1, 0.15) is 36.6 Å². The SMILES string of the molecule is CCS(=O)(=O)N1C[C@H](C(=O)N[C@@H](C)c2ccc(C)c(C)c2)Oc2ccccc21. The Morgan fingerprint density at radius 1 is 1.21 bits per heavy atom. The molecule has 0 spiro atoms. The van der Waals surface area contributed by atoms with Crippen LogP contribution in [0.3, 0.4) is 0 Å². The number of hydrogen-bond acceptors (Lipinski definition) is 4. The standard InChI is InChI=1S/C21H26N2O4S/c1-5-28(25,26)23-13-20(27-19-9-7-6-8-18(19)23)21(24)22-16(4)17-11-10-14(2)15(3)12-17/h6-12,16,20H,5,13H2,1-4H3,(H,22,24)/t16-,20+/m0/s1. The van der Waals surface area contributed by atoms with Crippen molar-refractivity contribution in [3.63, 3.8) is 0 Å². The Morgan fingerprint density at radius 2 is 1.93 bits per heavy atom. The molecule has 2 aromatic rings. The van der Waals surface area contributed by atoms with Crippen molar-refractivity contribution >= 4 is 21.6 Å². The van der Waals surface area contributed by atoms with Gasteiger partial charge in [-0.2, -0.15) is 0 Å². The van der Waals surface area contributed by atoms with Gasteiger partial charge in [-0.25, -0.2) is 8.42 Å². The van der Waals surface area contributed by atoms with E-state index in [1.54, 1.807) is 31.2 Å². The minimum Gasteiger partial charge on any atom is -0.476 e. The zero-order chi connectivity index (χ0) is 20.5. The number of aryl methyl sites for hydroxylation is 2. The van der Waals surface area contributed by atoms with Crippen molar-refractivity contribution in [3.8, 4) is 5.75 Å². The van der Waals surface area contributed by atoms with E-state index in [-0.39, 0.29) is 24.2 Å². The van der Waals surface area contributed by atoms with Gasteiger partial charge in [-0.15, -0.1) is 0 Å². The van der Waals surface area contributed by atoms with E-state index in [0.29, 0.717) is 11.4 Å². The fraction of sp³-hybridized carbons (Fsp3) is 0.381. The van der Waals surface area contributed by atoms with Gasteiger partial charge in [0.1, 0.15) is 5.75 Å². The average molecular weight is 403 g/mol. The lowest BCUT2D eigenvalue weighted by Crippen LogP contribution is -2.51. The molecule has 150 valence electrons. The van der Waals surface area contributed by atoms with Crippen LogP contribution in [-0.4, -0.2) is 32.7 Å². The fourth-order valence-electron chi connectivity index (χ4n) is 3.18. The first kappa shape index (κ1) is 20.2. The lowest BCUT2D eigenvalue weighted by molar-refractivity contribution is -0.128. The van der Waals surface area contributed by atoms with Crippen molar-refractivity contribution in [2.75, 3.05) is 16.6 Å². The van der Waals surface area contributed by atoms with E-state index in [9.17, 15) is 13.2 Å². The first-order valence-electron chi connectivity index (χ1n) is 9.36. The maximum atomic E-state index is 12.8. The van der Waals surface area contributed by atoms with E-state index < -0.39 is 16.1 Å². The minimum atomic E-state index is -3.52. The third-order valence-electron chi connectivity index (χ3n) is 5.12. The molecule has 1 aliphatic heterocycles. The number of carbonyl (C=O) groups excluding carboxylic acids is 1. The van der Waals surface area contributed by atoms with Crippen LogP contribution in [0.2, 0.25) is 0 Å². The number of sulfonamides is 1. The molecule has 1 amide bonds. The van der Waals surface area contributed by atoms with Gasteiger partial charge in [0.2, 0.25) is 10.0 Å². The summed E-state index contributed by atoms with van der Waals surface area (Å²) in [5.74, 6) is 0.00985. The Morgan fingerprint density at radius 3 is 2.61 bits per heavy atom. The van der Waals surface area contributed by atoms with Crippen LogP contribution in [0.15, 0.2) is 42.5 Å². The van der Waals surface area contributed by atoms with E-state index in [0.717, 1.165) is 11.1 Å². The van der Waals surface area contributed by atoms with Crippen LogP contribution >= 0.6 is 0 Å². The number of amides is 1. The molecule has 6 nitrogen and oxygen atoms in total. The third kappa shape index (κ3) is 3.99. The van der Waals surface area contributed by atoms with E-state index >= 15 is 0 Å². The van der Waals surface area contributed by atoms with Gasteiger partial charge in [0, 0.05) is 0 Å². The lowest BCUT2D eigenvalue weighted by Gasteiger charge is -2.35. The topological polar surface area (TPSA) is 75.7 Å². The van der Waals surface area contributed by atoms with Gasteiger partial charge in [-0.1, -0.05) is 30.3 Å². The number of fused-ring (bicyclic) bond motifs is 1. The van der Waals surface area contributed by atoms with Crippen LogP contribution in [-0.2, 0) is 14.8 Å². The highest BCUT2D eigenvalue weighted by Crippen LogP contribution is 2.35. The van der Waals surface area contributed by atoms with Gasteiger partial charge in [-0.3, -0.25) is 9.10 Å². The summed E-state index contributed by atoms with van der Waals surface area (Å²) in [6, 6.07) is 12.7. The molecular formula is C21H26N2O4S. The van der Waals surface area contributed by atoms with Gasteiger partial charge in [-0.05, 0) is 56.5 Å². The van der Waals surface area contributed by atoms with Crippen molar-refractivity contribution < 1.29 is 17.9 Å². The molecule has 3 rings (SSSR count). The van der Waals surface area contributed by atoms with Crippen molar-refractivity contribution in [2.24, 2.45) is 0 Å². The quantitative estimate of drug-likeness (QED) is 0.834. The number of carbonyl (C=O) groups is 1. The molecule has 0 radical (unpaired) electrons. The third-order valence-corrected chi connectivity index (χ3v) is 6.86. The second-order valence-electron chi connectivity index (χ2n) is 7.08. The predicted molar refractivity (Wildman–Crippen MR) is 110 cm³/mol. The maximum Gasteiger partial charge on any atom is 0.263 e. The molecular weight excluding hydrogens is 376 g/mol. The summed E-state index contributed by atoms with van der Waals surface area (Å²) >= 11 is 0. The zero-order valence-electron chi connectivity index (χ0n) is 16.6. The van der Waals surface area contributed by atoms with Crippen LogP contribution in [0.4, 0.5) is 5.69 Å². The number of ether oxygens (including phenoxy) is 1. The van der Waals surface area contributed by atoms with Crippen molar-refractivity contribution in [2.45, 2.75) is 39.8 Å². The van der Waals surface area contributed by atoms with Gasteiger partial charge in [0.05, 0.1) is 24.0 Å². The maximum absolute atomic E-state index is 12.8. The van der Waals surface area contributed by atoms with Crippen LogP contribution < -0.4 is 14.4 Å². The Kier molecular flexibility index (Phi) is 5.65. The van der Waals surface area contributed by atoms with Crippen molar-refractivity contribution in [1.29, 1.82) is 0 Å². The highest BCUT2D eigenvalue weighted by molar-refractivity contribution is 7.92. The minimum absolute atomic E-state index is 0.0430. The molecule has 0 bridgehead atoms. The first-order valence-corrected chi connectivity index (χ1v) is 11.0. The van der Waals surface area contributed by atoms with Crippen LogP contribution in [0.5, 0.6) is 5.75 Å². The number of para-hydroxylation sites is 2. The summed E-state index contributed by atoms with van der Waals surface area (Å²) in [7, 11) is -3.52. The summed E-state index contributed by atoms with van der Waals surface area (Å²) in [5, 5.41) is 2.95. The second-order valence-corrected chi connectivity index (χ2v) is 9.26. The molecule has 0 saturated carbocycles. The number of anilines is 1. The molecule has 1 heterocycles. The van der Waals surface area contributed by atoms with Crippen LogP contribution in [0, 0.1) is 13.8 Å². The van der Waals surface area contributed by atoms with Gasteiger partial charge in [0.25, 0.3) is 5.91 Å². The van der Waals surface area contributed by atoms with Gasteiger partial charge < -0.3 is 10.1 Å². The molecule has 0 fully saturated rings. The summed E-state index contributed by atoms with van der Waals surface area (Å²) < 4.78 is 32.2. The number of hydrogen-bond donors (Lipinski definition) is 1. The number of nitrogens with one attached hydrogen (secondary N) is 1. The average Bonchev–Trinajstić information content (AvgIpc) is 2.68. The first-order chi connectivity index (χ1) is 13.2. The molecule has 2 atom stereocenters. The number of benzene rings is 2. The van der Waals surface area contributed by atoms with Crippen LogP contribution in [0.25, 0.3) is 0 Å². The molecule has 0 aliphatic carbocycles. The van der Waals surface area contributed by atoms with E-state index in [4.69, 9.17) is 4.74 Å². The molecule has 0 saturated heterocycles. The second kappa shape index (κ2) is 7.83. The number of rotatable bonds is 5. The number of nitrogens with zero attached hydrogens (tertiary/aromatic N) is 1. The van der Waals surface area contributed by atoms with E-state index in [1.165, 1.54) is 9.87 Å². The Hall–Kier alpha value is -2.54.